The second-order valence-electron chi connectivity index (χ2n) is 5.96. The van der Waals surface area contributed by atoms with E-state index in [4.69, 9.17) is 0 Å². The zero-order valence-electron chi connectivity index (χ0n) is 12.6. The average molecular weight is 275 g/mol. The summed E-state index contributed by atoms with van der Waals surface area (Å²) in [5.41, 5.74) is 2.80. The number of nitrogens with one attached hydrogen (secondary N) is 3. The molecule has 1 amide bonds. The van der Waals surface area contributed by atoms with Gasteiger partial charge in [0, 0.05) is 24.7 Å². The van der Waals surface area contributed by atoms with E-state index in [9.17, 15) is 4.79 Å². The topological polar surface area (TPSA) is 53.2 Å². The summed E-state index contributed by atoms with van der Waals surface area (Å²) < 4.78 is 0. The van der Waals surface area contributed by atoms with Crippen LogP contribution in [0.4, 0.5) is 11.4 Å². The Kier molecular flexibility index (Phi) is 4.88. The summed E-state index contributed by atoms with van der Waals surface area (Å²) in [5.74, 6) is 0.685. The fourth-order valence-corrected chi connectivity index (χ4v) is 2.34. The molecule has 1 heterocycles. The minimum Gasteiger partial charge on any atom is -0.382 e. The lowest BCUT2D eigenvalue weighted by Gasteiger charge is -2.21. The van der Waals surface area contributed by atoms with Gasteiger partial charge in [-0.1, -0.05) is 13.8 Å². The first kappa shape index (κ1) is 14.7. The molecule has 1 aromatic rings. The van der Waals surface area contributed by atoms with Gasteiger partial charge in [-0.3, -0.25) is 4.79 Å². The third-order valence-corrected chi connectivity index (χ3v) is 3.59. The van der Waals surface area contributed by atoms with Crippen molar-refractivity contribution in [2.75, 3.05) is 23.7 Å². The molecule has 110 valence electrons. The number of anilines is 2. The minimum atomic E-state index is 0.0106. The maximum absolute atomic E-state index is 12.2. The standard InChI is InChI=1S/C16H25N3O/c1-11(2)4-5-12(3)19-16(20)13-6-7-14-15(10-13)18-9-8-17-14/h6-7,10-12,17-18H,4-5,8-9H2,1-3H3,(H,19,20). The summed E-state index contributed by atoms with van der Waals surface area (Å²) in [7, 11) is 0. The van der Waals surface area contributed by atoms with E-state index < -0.39 is 0 Å². The maximum atomic E-state index is 12.2. The summed E-state index contributed by atoms with van der Waals surface area (Å²) in [6.07, 6.45) is 2.16. The number of amides is 1. The molecule has 0 fully saturated rings. The Balaban J connectivity index is 1.95. The molecule has 0 aliphatic carbocycles. The Morgan fingerprint density at radius 2 is 1.85 bits per heavy atom. The Labute approximate surface area is 121 Å². The molecule has 1 aromatic carbocycles. The number of carbonyl (C=O) groups is 1. The molecule has 0 saturated heterocycles. The second kappa shape index (κ2) is 6.64. The van der Waals surface area contributed by atoms with Crippen molar-refractivity contribution in [3.8, 4) is 0 Å². The molecule has 20 heavy (non-hydrogen) atoms. The second-order valence-corrected chi connectivity index (χ2v) is 5.96. The molecule has 3 N–H and O–H groups in total. The molecule has 0 radical (unpaired) electrons. The van der Waals surface area contributed by atoms with Crippen molar-refractivity contribution in [3.05, 3.63) is 23.8 Å². The summed E-state index contributed by atoms with van der Waals surface area (Å²) in [6, 6.07) is 5.98. The van der Waals surface area contributed by atoms with E-state index in [2.05, 4.69) is 36.7 Å². The van der Waals surface area contributed by atoms with Gasteiger partial charge in [0.15, 0.2) is 0 Å². The zero-order valence-corrected chi connectivity index (χ0v) is 12.6. The predicted octanol–water partition coefficient (Wildman–Crippen LogP) is 3.08. The zero-order chi connectivity index (χ0) is 14.5. The van der Waals surface area contributed by atoms with Crippen molar-refractivity contribution >= 4 is 17.3 Å². The van der Waals surface area contributed by atoms with Crippen LogP contribution in [0.3, 0.4) is 0 Å². The van der Waals surface area contributed by atoms with Gasteiger partial charge in [0.05, 0.1) is 11.4 Å². The SMILES string of the molecule is CC(C)CCC(C)NC(=O)c1ccc2c(c1)NCCN2. The number of benzene rings is 1. The molecular weight excluding hydrogens is 250 g/mol. The lowest BCUT2D eigenvalue weighted by molar-refractivity contribution is 0.0937. The third kappa shape index (κ3) is 3.89. The molecule has 1 unspecified atom stereocenters. The smallest absolute Gasteiger partial charge is 0.251 e. The minimum absolute atomic E-state index is 0.0106. The van der Waals surface area contributed by atoms with E-state index in [1.807, 2.05) is 18.2 Å². The molecule has 4 heteroatoms. The molecular formula is C16H25N3O. The summed E-state index contributed by atoms with van der Waals surface area (Å²) in [5, 5.41) is 9.69. The molecule has 2 rings (SSSR count). The summed E-state index contributed by atoms with van der Waals surface area (Å²) in [4.78, 5) is 12.2. The van der Waals surface area contributed by atoms with Crippen LogP contribution in [0.1, 0.15) is 44.0 Å². The van der Waals surface area contributed by atoms with Crippen LogP contribution < -0.4 is 16.0 Å². The van der Waals surface area contributed by atoms with Gasteiger partial charge in [-0.25, -0.2) is 0 Å². The largest absolute Gasteiger partial charge is 0.382 e. The third-order valence-electron chi connectivity index (χ3n) is 3.59. The molecule has 1 atom stereocenters. The first-order valence-corrected chi connectivity index (χ1v) is 7.49. The van der Waals surface area contributed by atoms with Gasteiger partial charge < -0.3 is 16.0 Å². The van der Waals surface area contributed by atoms with Gasteiger partial charge >= 0.3 is 0 Å². The lowest BCUT2D eigenvalue weighted by Crippen LogP contribution is -2.33. The van der Waals surface area contributed by atoms with Crippen LogP contribution in [0.15, 0.2) is 18.2 Å². The highest BCUT2D eigenvalue weighted by molar-refractivity contribution is 5.96. The van der Waals surface area contributed by atoms with Crippen molar-refractivity contribution in [1.82, 2.24) is 5.32 Å². The Bertz CT molecular complexity index is 471. The maximum Gasteiger partial charge on any atom is 0.251 e. The van der Waals surface area contributed by atoms with Crippen molar-refractivity contribution in [2.24, 2.45) is 5.92 Å². The molecule has 4 nitrogen and oxygen atoms in total. The highest BCUT2D eigenvalue weighted by Gasteiger charge is 2.14. The molecule has 0 bridgehead atoms. The highest BCUT2D eigenvalue weighted by Crippen LogP contribution is 2.25. The first-order chi connectivity index (χ1) is 9.56. The van der Waals surface area contributed by atoms with Gasteiger partial charge in [-0.05, 0) is 43.9 Å². The Morgan fingerprint density at radius 1 is 1.15 bits per heavy atom. The lowest BCUT2D eigenvalue weighted by atomic mass is 10.0. The van der Waals surface area contributed by atoms with Gasteiger partial charge in [0.1, 0.15) is 0 Å². The molecule has 0 aromatic heterocycles. The fourth-order valence-electron chi connectivity index (χ4n) is 2.34. The Hall–Kier alpha value is -1.71. The quantitative estimate of drug-likeness (QED) is 0.774. The monoisotopic (exact) mass is 275 g/mol. The van der Waals surface area contributed by atoms with Crippen molar-refractivity contribution in [1.29, 1.82) is 0 Å². The van der Waals surface area contributed by atoms with Gasteiger partial charge in [0.2, 0.25) is 0 Å². The van der Waals surface area contributed by atoms with E-state index >= 15 is 0 Å². The molecule has 1 aliphatic rings. The fraction of sp³-hybridized carbons (Fsp3) is 0.562. The van der Waals surface area contributed by atoms with Gasteiger partial charge in [-0.2, -0.15) is 0 Å². The van der Waals surface area contributed by atoms with Crippen LogP contribution in [0.2, 0.25) is 0 Å². The van der Waals surface area contributed by atoms with E-state index in [1.54, 1.807) is 0 Å². The van der Waals surface area contributed by atoms with Crippen LogP contribution in [0, 0.1) is 5.92 Å². The van der Waals surface area contributed by atoms with Crippen molar-refractivity contribution in [2.45, 2.75) is 39.7 Å². The van der Waals surface area contributed by atoms with Gasteiger partial charge in [-0.15, -0.1) is 0 Å². The number of fused-ring (bicyclic) bond motifs is 1. The van der Waals surface area contributed by atoms with E-state index in [-0.39, 0.29) is 11.9 Å². The van der Waals surface area contributed by atoms with E-state index in [0.717, 1.165) is 42.9 Å². The number of carbonyl (C=O) groups excluding carboxylic acids is 1. The van der Waals surface area contributed by atoms with E-state index in [1.165, 1.54) is 0 Å². The van der Waals surface area contributed by atoms with Crippen LogP contribution in [0.5, 0.6) is 0 Å². The van der Waals surface area contributed by atoms with Crippen LogP contribution in [0.25, 0.3) is 0 Å². The van der Waals surface area contributed by atoms with Crippen LogP contribution in [-0.4, -0.2) is 25.0 Å². The number of rotatable bonds is 5. The first-order valence-electron chi connectivity index (χ1n) is 7.49. The molecule has 0 saturated carbocycles. The number of hydrogen-bond donors (Lipinski definition) is 3. The summed E-state index contributed by atoms with van der Waals surface area (Å²) in [6.45, 7) is 8.29. The highest BCUT2D eigenvalue weighted by atomic mass is 16.1. The van der Waals surface area contributed by atoms with E-state index in [0.29, 0.717) is 5.92 Å². The van der Waals surface area contributed by atoms with Crippen LogP contribution >= 0.6 is 0 Å². The van der Waals surface area contributed by atoms with Crippen molar-refractivity contribution in [3.63, 3.8) is 0 Å². The molecule has 1 aliphatic heterocycles. The average Bonchev–Trinajstić information content (AvgIpc) is 2.44. The Morgan fingerprint density at radius 3 is 2.55 bits per heavy atom. The van der Waals surface area contributed by atoms with Crippen LogP contribution in [-0.2, 0) is 0 Å². The predicted molar refractivity (Wildman–Crippen MR) is 84.4 cm³/mol. The normalized spacial score (nSPS) is 15.0. The van der Waals surface area contributed by atoms with Gasteiger partial charge in [0.25, 0.3) is 5.91 Å². The molecule has 0 spiro atoms. The number of hydrogen-bond acceptors (Lipinski definition) is 3. The summed E-state index contributed by atoms with van der Waals surface area (Å²) >= 11 is 0. The van der Waals surface area contributed by atoms with Crippen molar-refractivity contribution < 1.29 is 4.79 Å².